The lowest BCUT2D eigenvalue weighted by Gasteiger charge is -2.16. The summed E-state index contributed by atoms with van der Waals surface area (Å²) in [4.78, 5) is 43.7. The van der Waals surface area contributed by atoms with Crippen molar-refractivity contribution >= 4 is 23.6 Å². The summed E-state index contributed by atoms with van der Waals surface area (Å²) in [7, 11) is 0. The van der Waals surface area contributed by atoms with Gasteiger partial charge in [-0.05, 0) is 38.5 Å². The Balaban J connectivity index is 1.94. The predicted molar refractivity (Wildman–Crippen MR) is 113 cm³/mol. The van der Waals surface area contributed by atoms with Crippen molar-refractivity contribution in [1.29, 1.82) is 0 Å². The number of H-pyrrole nitrogens is 1. The smallest absolute Gasteiger partial charge is 0.311 e. The van der Waals surface area contributed by atoms with E-state index in [1.54, 1.807) is 13.8 Å². The van der Waals surface area contributed by atoms with E-state index in [4.69, 9.17) is 4.74 Å². The van der Waals surface area contributed by atoms with Crippen LogP contribution in [-0.2, 0) is 27.2 Å². The number of carbonyl (C=O) groups is 2. The Hall–Kier alpha value is -2.61. The first kappa shape index (κ1) is 22.7. The average molecular weight is 418 g/mol. The zero-order valence-corrected chi connectivity index (χ0v) is 17.8. The molecule has 0 aliphatic carbocycles. The molecule has 0 spiro atoms. The number of rotatable bonds is 10. The molecule has 0 aliphatic heterocycles. The summed E-state index contributed by atoms with van der Waals surface area (Å²) >= 11 is 1.36. The summed E-state index contributed by atoms with van der Waals surface area (Å²) in [6.45, 7) is 4.00. The van der Waals surface area contributed by atoms with Gasteiger partial charge in [-0.2, -0.15) is 0 Å². The van der Waals surface area contributed by atoms with Crippen LogP contribution in [0.5, 0.6) is 0 Å². The van der Waals surface area contributed by atoms with Crippen molar-refractivity contribution in [2.24, 2.45) is 5.92 Å². The Labute approximate surface area is 174 Å². The monoisotopic (exact) mass is 417 g/mol. The lowest BCUT2D eigenvalue weighted by Crippen LogP contribution is -2.35. The lowest BCUT2D eigenvalue weighted by atomic mass is 9.99. The molecule has 1 heterocycles. The van der Waals surface area contributed by atoms with Crippen molar-refractivity contribution in [2.45, 2.75) is 38.3 Å². The van der Waals surface area contributed by atoms with Gasteiger partial charge >= 0.3 is 5.97 Å². The number of benzene rings is 1. The average Bonchev–Trinajstić information content (AvgIpc) is 2.71. The number of carbonyl (C=O) groups excluding carboxylic acids is 2. The third kappa shape index (κ3) is 7.05. The highest BCUT2D eigenvalue weighted by molar-refractivity contribution is 7.98. The number of ether oxygens (including phenoxy) is 1. The van der Waals surface area contributed by atoms with Gasteiger partial charge in [0.1, 0.15) is 0 Å². The van der Waals surface area contributed by atoms with Gasteiger partial charge < -0.3 is 15.0 Å². The number of hydrogen-bond acceptors (Lipinski definition) is 6. The van der Waals surface area contributed by atoms with E-state index in [1.165, 1.54) is 11.8 Å². The standard InChI is InChI=1S/C21H27N3O4S/c1-4-28-20(27)16(12-15-8-6-5-7-9-15)13-22-18(25)11-10-17-14(2)23-21(29-3)24-19(17)26/h5-9,16H,4,10-13H2,1-3H3,(H,22,25)(H,23,24,26). The van der Waals surface area contributed by atoms with Gasteiger partial charge in [0.15, 0.2) is 5.16 Å². The summed E-state index contributed by atoms with van der Waals surface area (Å²) < 4.78 is 5.15. The molecule has 0 fully saturated rings. The molecular weight excluding hydrogens is 390 g/mol. The van der Waals surface area contributed by atoms with Crippen LogP contribution in [0.3, 0.4) is 0 Å². The Morgan fingerprint density at radius 3 is 2.62 bits per heavy atom. The Morgan fingerprint density at radius 1 is 1.28 bits per heavy atom. The number of nitrogens with zero attached hydrogens (tertiary/aromatic N) is 1. The van der Waals surface area contributed by atoms with Gasteiger partial charge in [-0.1, -0.05) is 42.1 Å². The second-order valence-corrected chi connectivity index (χ2v) is 7.38. The fourth-order valence-corrected chi connectivity index (χ4v) is 3.36. The minimum absolute atomic E-state index is 0.144. The van der Waals surface area contributed by atoms with Crippen molar-refractivity contribution in [3.63, 3.8) is 0 Å². The first-order valence-electron chi connectivity index (χ1n) is 9.55. The number of amides is 1. The van der Waals surface area contributed by atoms with Gasteiger partial charge in [-0.15, -0.1) is 0 Å². The van der Waals surface area contributed by atoms with E-state index in [9.17, 15) is 14.4 Å². The van der Waals surface area contributed by atoms with Crippen LogP contribution in [0.2, 0.25) is 0 Å². The molecule has 1 atom stereocenters. The summed E-state index contributed by atoms with van der Waals surface area (Å²) in [6.07, 6.45) is 2.75. The molecule has 29 heavy (non-hydrogen) atoms. The molecule has 1 aromatic carbocycles. The van der Waals surface area contributed by atoms with Crippen LogP contribution in [-0.4, -0.2) is 41.3 Å². The van der Waals surface area contributed by atoms with Crippen molar-refractivity contribution in [3.05, 3.63) is 57.5 Å². The van der Waals surface area contributed by atoms with Crippen LogP contribution in [0.25, 0.3) is 0 Å². The van der Waals surface area contributed by atoms with Gasteiger partial charge in [0.2, 0.25) is 5.91 Å². The third-order valence-electron chi connectivity index (χ3n) is 4.49. The highest BCUT2D eigenvalue weighted by Gasteiger charge is 2.21. The van der Waals surface area contributed by atoms with Gasteiger partial charge in [0.05, 0.1) is 12.5 Å². The quantitative estimate of drug-likeness (QED) is 0.349. The second kappa shape index (κ2) is 11.4. The topological polar surface area (TPSA) is 101 Å². The van der Waals surface area contributed by atoms with Crippen LogP contribution in [0.4, 0.5) is 0 Å². The van der Waals surface area contributed by atoms with E-state index in [0.717, 1.165) is 5.56 Å². The van der Waals surface area contributed by atoms with Crippen molar-refractivity contribution in [3.8, 4) is 0 Å². The number of aromatic nitrogens is 2. The molecule has 0 saturated carbocycles. The maximum Gasteiger partial charge on any atom is 0.311 e. The molecule has 0 radical (unpaired) electrons. The van der Waals surface area contributed by atoms with Gasteiger partial charge in [0.25, 0.3) is 5.56 Å². The Bertz CT molecular complexity index is 883. The molecule has 0 bridgehead atoms. The second-order valence-electron chi connectivity index (χ2n) is 6.58. The zero-order valence-electron chi connectivity index (χ0n) is 17.0. The van der Waals surface area contributed by atoms with Gasteiger partial charge in [-0.3, -0.25) is 14.4 Å². The van der Waals surface area contributed by atoms with Crippen LogP contribution < -0.4 is 10.9 Å². The van der Waals surface area contributed by atoms with Gasteiger partial charge in [-0.25, -0.2) is 4.98 Å². The zero-order chi connectivity index (χ0) is 21.2. The molecule has 2 N–H and O–H groups in total. The number of nitrogens with one attached hydrogen (secondary N) is 2. The fourth-order valence-electron chi connectivity index (χ4n) is 2.94. The molecule has 8 heteroatoms. The van der Waals surface area contributed by atoms with Crippen LogP contribution >= 0.6 is 11.8 Å². The van der Waals surface area contributed by atoms with Crippen molar-refractivity contribution in [1.82, 2.24) is 15.3 Å². The van der Waals surface area contributed by atoms with E-state index in [1.807, 2.05) is 36.6 Å². The number of aryl methyl sites for hydroxylation is 1. The first-order chi connectivity index (χ1) is 13.9. The minimum Gasteiger partial charge on any atom is -0.466 e. The molecule has 0 aliphatic rings. The highest BCUT2D eigenvalue weighted by atomic mass is 32.2. The molecule has 2 rings (SSSR count). The Morgan fingerprint density at radius 2 is 2.00 bits per heavy atom. The van der Waals surface area contributed by atoms with E-state index >= 15 is 0 Å². The molecule has 1 amide bonds. The molecule has 2 aromatic rings. The van der Waals surface area contributed by atoms with E-state index in [-0.39, 0.29) is 36.8 Å². The number of aromatic amines is 1. The third-order valence-corrected chi connectivity index (χ3v) is 5.07. The number of thioether (sulfide) groups is 1. The van der Waals surface area contributed by atoms with Crippen LogP contribution in [0, 0.1) is 12.8 Å². The first-order valence-corrected chi connectivity index (χ1v) is 10.8. The number of hydrogen-bond donors (Lipinski definition) is 2. The molecule has 1 unspecified atom stereocenters. The molecule has 0 saturated heterocycles. The van der Waals surface area contributed by atoms with E-state index < -0.39 is 5.92 Å². The SMILES string of the molecule is CCOC(=O)C(CNC(=O)CCc1c(C)nc(SC)[nH]c1=O)Cc1ccccc1. The summed E-state index contributed by atoms with van der Waals surface area (Å²) in [6, 6.07) is 9.61. The normalized spacial score (nSPS) is 11.7. The predicted octanol–water partition coefficient (Wildman–Crippen LogP) is 2.27. The molecule has 156 valence electrons. The Kier molecular flexibility index (Phi) is 8.92. The van der Waals surface area contributed by atoms with Crippen LogP contribution in [0.15, 0.2) is 40.3 Å². The summed E-state index contributed by atoms with van der Waals surface area (Å²) in [5, 5.41) is 3.35. The lowest BCUT2D eigenvalue weighted by molar-refractivity contribution is -0.147. The van der Waals surface area contributed by atoms with Gasteiger partial charge in [0, 0.05) is 24.2 Å². The highest BCUT2D eigenvalue weighted by Crippen LogP contribution is 2.11. The van der Waals surface area contributed by atoms with E-state index in [0.29, 0.717) is 29.4 Å². The fraction of sp³-hybridized carbons (Fsp3) is 0.429. The number of esters is 1. The van der Waals surface area contributed by atoms with E-state index in [2.05, 4.69) is 15.3 Å². The van der Waals surface area contributed by atoms with Crippen molar-refractivity contribution in [2.75, 3.05) is 19.4 Å². The summed E-state index contributed by atoms with van der Waals surface area (Å²) in [5.41, 5.74) is 1.91. The molecular formula is C21H27N3O4S. The molecule has 7 nitrogen and oxygen atoms in total. The molecule has 1 aromatic heterocycles. The van der Waals surface area contributed by atoms with Crippen LogP contribution in [0.1, 0.15) is 30.2 Å². The minimum atomic E-state index is -0.464. The largest absolute Gasteiger partial charge is 0.466 e. The maximum absolute atomic E-state index is 12.3. The summed E-state index contributed by atoms with van der Waals surface area (Å²) in [5.74, 6) is -1.02. The maximum atomic E-state index is 12.3. The van der Waals surface area contributed by atoms with Crippen molar-refractivity contribution < 1.29 is 14.3 Å².